The van der Waals surface area contributed by atoms with Crippen LogP contribution in [0.3, 0.4) is 0 Å². The summed E-state index contributed by atoms with van der Waals surface area (Å²) in [5, 5.41) is 2.32. The highest BCUT2D eigenvalue weighted by atomic mass is 79.9. The zero-order chi connectivity index (χ0) is 13.7. The van der Waals surface area contributed by atoms with E-state index in [9.17, 15) is 14.4 Å². The van der Waals surface area contributed by atoms with E-state index >= 15 is 0 Å². The zero-order valence-electron chi connectivity index (χ0n) is 9.90. The molecule has 18 heavy (non-hydrogen) atoms. The molecule has 0 spiro atoms. The van der Waals surface area contributed by atoms with E-state index in [0.29, 0.717) is 5.56 Å². The summed E-state index contributed by atoms with van der Waals surface area (Å²) >= 11 is 3.24. The van der Waals surface area contributed by atoms with E-state index < -0.39 is 23.7 Å². The van der Waals surface area contributed by atoms with Crippen molar-refractivity contribution in [2.45, 2.75) is 13.0 Å². The number of ether oxygens (including phenoxy) is 1. The summed E-state index contributed by atoms with van der Waals surface area (Å²) in [4.78, 5) is 34.4. The Bertz CT molecular complexity index is 469. The number of hydrogen-bond acceptors (Lipinski definition) is 4. The number of benzene rings is 1. The van der Waals surface area contributed by atoms with Gasteiger partial charge in [-0.3, -0.25) is 9.59 Å². The van der Waals surface area contributed by atoms with Crippen molar-refractivity contribution >= 4 is 33.6 Å². The molecule has 0 fully saturated rings. The van der Waals surface area contributed by atoms with Gasteiger partial charge in [-0.2, -0.15) is 0 Å². The molecular weight excluding hydrogens is 302 g/mol. The molecule has 6 heteroatoms. The Kier molecular flexibility index (Phi) is 5.03. The van der Waals surface area contributed by atoms with Gasteiger partial charge in [0.1, 0.15) is 0 Å². The highest BCUT2D eigenvalue weighted by Crippen LogP contribution is 2.10. The van der Waals surface area contributed by atoms with Crippen molar-refractivity contribution in [2.75, 3.05) is 7.11 Å². The fraction of sp³-hybridized carbons (Fsp3) is 0.250. The number of ketones is 1. The summed E-state index contributed by atoms with van der Waals surface area (Å²) in [5.41, 5.74) is 0.355. The molecule has 0 saturated carbocycles. The first-order chi connectivity index (χ1) is 8.45. The fourth-order valence-electron chi connectivity index (χ4n) is 1.26. The van der Waals surface area contributed by atoms with Crippen LogP contribution >= 0.6 is 15.9 Å². The minimum absolute atomic E-state index is 0.355. The Hall–Kier alpha value is -1.69. The summed E-state index contributed by atoms with van der Waals surface area (Å²) in [7, 11) is 1.16. The van der Waals surface area contributed by atoms with Crippen LogP contribution in [0.25, 0.3) is 0 Å². The number of amides is 1. The van der Waals surface area contributed by atoms with Crippen LogP contribution < -0.4 is 5.32 Å². The summed E-state index contributed by atoms with van der Waals surface area (Å²) < 4.78 is 5.28. The van der Waals surface area contributed by atoms with E-state index in [2.05, 4.69) is 26.0 Å². The number of carbonyl (C=O) groups is 3. The van der Waals surface area contributed by atoms with Crippen molar-refractivity contribution in [1.29, 1.82) is 0 Å². The third-order valence-corrected chi connectivity index (χ3v) is 2.75. The summed E-state index contributed by atoms with van der Waals surface area (Å²) in [6.07, 6.45) is 0. The average molecular weight is 314 g/mol. The van der Waals surface area contributed by atoms with E-state index in [4.69, 9.17) is 0 Å². The van der Waals surface area contributed by atoms with Gasteiger partial charge >= 0.3 is 5.97 Å². The number of nitrogens with one attached hydrogen (secondary N) is 1. The van der Waals surface area contributed by atoms with Gasteiger partial charge in [0, 0.05) is 10.0 Å². The maximum Gasteiger partial charge on any atom is 0.336 e. The second-order valence-corrected chi connectivity index (χ2v) is 4.46. The monoisotopic (exact) mass is 313 g/mol. The molecule has 0 aliphatic heterocycles. The Morgan fingerprint density at radius 3 is 2.22 bits per heavy atom. The van der Waals surface area contributed by atoms with Gasteiger partial charge in [-0.15, -0.1) is 0 Å². The smallest absolute Gasteiger partial charge is 0.336 e. The molecule has 1 unspecified atom stereocenters. The second-order valence-electron chi connectivity index (χ2n) is 3.55. The molecule has 1 N–H and O–H groups in total. The number of Topliss-reactive ketones (excluding diaryl/α,β-unsaturated/α-hetero) is 1. The van der Waals surface area contributed by atoms with Gasteiger partial charge in [-0.1, -0.05) is 15.9 Å². The summed E-state index contributed by atoms with van der Waals surface area (Å²) in [6.45, 7) is 1.21. The van der Waals surface area contributed by atoms with Crippen LogP contribution in [0.5, 0.6) is 0 Å². The molecule has 96 valence electrons. The topological polar surface area (TPSA) is 72.5 Å². The summed E-state index contributed by atoms with van der Waals surface area (Å²) in [6, 6.07) is 5.26. The lowest BCUT2D eigenvalue weighted by molar-refractivity contribution is -0.145. The Morgan fingerprint density at radius 1 is 1.22 bits per heavy atom. The lowest BCUT2D eigenvalue weighted by Gasteiger charge is -2.13. The number of halogens is 1. The Labute approximate surface area is 113 Å². The predicted octanol–water partition coefficient (Wildman–Crippen LogP) is 1.31. The van der Waals surface area contributed by atoms with Gasteiger partial charge in [-0.05, 0) is 31.2 Å². The van der Waals surface area contributed by atoms with Crippen LogP contribution in [0.2, 0.25) is 0 Å². The standard InChI is InChI=1S/C12H12BrNO4/c1-7(15)10(12(17)18-2)14-11(16)8-3-5-9(13)6-4-8/h3-6,10H,1-2H3,(H,14,16). The number of methoxy groups -OCH3 is 1. The van der Waals surface area contributed by atoms with Crippen LogP contribution in [-0.2, 0) is 14.3 Å². The summed E-state index contributed by atoms with van der Waals surface area (Å²) in [5.74, 6) is -1.77. The van der Waals surface area contributed by atoms with Crippen molar-refractivity contribution in [1.82, 2.24) is 5.32 Å². The van der Waals surface area contributed by atoms with E-state index in [1.54, 1.807) is 24.3 Å². The Morgan fingerprint density at radius 2 is 1.78 bits per heavy atom. The molecule has 0 heterocycles. The average Bonchev–Trinajstić information content (AvgIpc) is 2.35. The van der Waals surface area contributed by atoms with E-state index in [-0.39, 0.29) is 0 Å². The van der Waals surface area contributed by atoms with Crippen LogP contribution in [0.4, 0.5) is 0 Å². The largest absolute Gasteiger partial charge is 0.467 e. The molecular formula is C12H12BrNO4. The minimum Gasteiger partial charge on any atom is -0.467 e. The first-order valence-electron chi connectivity index (χ1n) is 5.10. The SMILES string of the molecule is COC(=O)C(NC(=O)c1ccc(Br)cc1)C(C)=O. The molecule has 1 atom stereocenters. The molecule has 5 nitrogen and oxygen atoms in total. The van der Waals surface area contributed by atoms with Crippen LogP contribution in [0.15, 0.2) is 28.7 Å². The van der Waals surface area contributed by atoms with Gasteiger partial charge in [0.25, 0.3) is 5.91 Å². The number of rotatable bonds is 4. The lowest BCUT2D eigenvalue weighted by Crippen LogP contribution is -2.46. The fourth-order valence-corrected chi connectivity index (χ4v) is 1.52. The molecule has 1 amide bonds. The maximum absolute atomic E-state index is 11.8. The lowest BCUT2D eigenvalue weighted by atomic mass is 10.1. The van der Waals surface area contributed by atoms with Crippen LogP contribution in [0.1, 0.15) is 17.3 Å². The van der Waals surface area contributed by atoms with Crippen LogP contribution in [-0.4, -0.2) is 30.8 Å². The number of esters is 1. The Balaban J connectivity index is 2.82. The van der Waals surface area contributed by atoms with Gasteiger partial charge in [0.15, 0.2) is 11.8 Å². The van der Waals surface area contributed by atoms with Gasteiger partial charge in [-0.25, -0.2) is 4.79 Å². The molecule has 0 aliphatic carbocycles. The molecule has 0 radical (unpaired) electrons. The maximum atomic E-state index is 11.8. The first kappa shape index (κ1) is 14.4. The molecule has 1 aromatic carbocycles. The van der Waals surface area contributed by atoms with Crippen molar-refractivity contribution < 1.29 is 19.1 Å². The molecule has 1 aromatic rings. The molecule has 0 saturated heterocycles. The van der Waals surface area contributed by atoms with Gasteiger partial charge in [0.2, 0.25) is 0 Å². The van der Waals surface area contributed by atoms with Gasteiger partial charge in [0.05, 0.1) is 7.11 Å². The van der Waals surface area contributed by atoms with Crippen LogP contribution in [0, 0.1) is 0 Å². The van der Waals surface area contributed by atoms with E-state index in [1.807, 2.05) is 0 Å². The normalized spacial score (nSPS) is 11.5. The highest BCUT2D eigenvalue weighted by Gasteiger charge is 2.26. The van der Waals surface area contributed by atoms with E-state index in [0.717, 1.165) is 11.6 Å². The first-order valence-corrected chi connectivity index (χ1v) is 5.89. The highest BCUT2D eigenvalue weighted by molar-refractivity contribution is 9.10. The molecule has 0 aromatic heterocycles. The van der Waals surface area contributed by atoms with Crippen molar-refractivity contribution in [3.63, 3.8) is 0 Å². The number of hydrogen-bond donors (Lipinski definition) is 1. The van der Waals surface area contributed by atoms with Crippen molar-refractivity contribution in [2.24, 2.45) is 0 Å². The minimum atomic E-state index is -1.27. The van der Waals surface area contributed by atoms with E-state index in [1.165, 1.54) is 6.92 Å². The molecule has 0 aliphatic rings. The number of carbonyl (C=O) groups excluding carboxylic acids is 3. The second kappa shape index (κ2) is 6.30. The quantitative estimate of drug-likeness (QED) is 0.672. The van der Waals surface area contributed by atoms with Crippen molar-refractivity contribution in [3.05, 3.63) is 34.3 Å². The van der Waals surface area contributed by atoms with Crippen molar-refractivity contribution in [3.8, 4) is 0 Å². The zero-order valence-corrected chi connectivity index (χ0v) is 11.5. The molecule has 1 rings (SSSR count). The third-order valence-electron chi connectivity index (χ3n) is 2.23. The third kappa shape index (κ3) is 3.66. The predicted molar refractivity (Wildman–Crippen MR) is 68.1 cm³/mol. The van der Waals surface area contributed by atoms with Gasteiger partial charge < -0.3 is 10.1 Å². The molecule has 0 bridgehead atoms.